The van der Waals surface area contributed by atoms with Crippen LogP contribution >= 0.6 is 11.6 Å². The van der Waals surface area contributed by atoms with E-state index in [1.54, 1.807) is 24.4 Å². The molecule has 3 aromatic rings. The lowest BCUT2D eigenvalue weighted by molar-refractivity contribution is 0.0594. The number of hydrogen-bond acceptors (Lipinski definition) is 5. The summed E-state index contributed by atoms with van der Waals surface area (Å²) in [6, 6.07) is 5.16. The third kappa shape index (κ3) is 2.06. The zero-order valence-corrected chi connectivity index (χ0v) is 12.1. The zero-order chi connectivity index (χ0) is 15.9. The summed E-state index contributed by atoms with van der Waals surface area (Å²) in [6.45, 7) is 0. The molecular formula is C14H10ClFN4O2. The predicted octanol–water partition coefficient (Wildman–Crippen LogP) is 2.79. The Bertz CT molecular complexity index is 894. The van der Waals surface area contributed by atoms with Crippen LogP contribution in [-0.4, -0.2) is 28.3 Å². The first kappa shape index (κ1) is 14.3. The molecule has 0 aliphatic heterocycles. The fraction of sp³-hybridized carbons (Fsp3) is 0.0714. The van der Waals surface area contributed by atoms with Crippen LogP contribution in [0.1, 0.15) is 10.5 Å². The lowest BCUT2D eigenvalue weighted by Gasteiger charge is -2.11. The van der Waals surface area contributed by atoms with Crippen LogP contribution in [-0.2, 0) is 4.74 Å². The van der Waals surface area contributed by atoms with Gasteiger partial charge >= 0.3 is 5.97 Å². The second kappa shape index (κ2) is 5.27. The van der Waals surface area contributed by atoms with Crippen LogP contribution in [0, 0.1) is 5.82 Å². The van der Waals surface area contributed by atoms with Crippen molar-refractivity contribution in [2.24, 2.45) is 0 Å². The highest BCUT2D eigenvalue weighted by Gasteiger charge is 2.23. The van der Waals surface area contributed by atoms with E-state index in [0.717, 1.165) is 5.39 Å². The molecule has 1 aromatic carbocycles. The van der Waals surface area contributed by atoms with E-state index in [1.165, 1.54) is 7.11 Å². The highest BCUT2D eigenvalue weighted by atomic mass is 35.5. The standard InChI is InChI=1S/C14H10ClFN4O2/c1-22-14(21)13-8(15)10(17)9(16)12(19-13)7-4-2-3-6-5-18-20-11(6)7/h2-5H,1H3,(H2,17,19)(H,18,20). The Hall–Kier alpha value is -2.67. The van der Waals surface area contributed by atoms with Crippen molar-refractivity contribution in [1.82, 2.24) is 15.2 Å². The number of esters is 1. The molecule has 0 bridgehead atoms. The second-order valence-corrected chi connectivity index (χ2v) is 4.86. The summed E-state index contributed by atoms with van der Waals surface area (Å²) in [5.74, 6) is -1.60. The Morgan fingerprint density at radius 1 is 1.45 bits per heavy atom. The van der Waals surface area contributed by atoms with Crippen LogP contribution in [0.15, 0.2) is 24.4 Å². The first-order valence-electron chi connectivity index (χ1n) is 6.19. The van der Waals surface area contributed by atoms with Gasteiger partial charge in [0.25, 0.3) is 0 Å². The number of ether oxygens (including phenoxy) is 1. The number of rotatable bonds is 2. The zero-order valence-electron chi connectivity index (χ0n) is 11.4. The molecule has 3 rings (SSSR count). The third-order valence-electron chi connectivity index (χ3n) is 3.22. The molecule has 0 spiro atoms. The van der Waals surface area contributed by atoms with E-state index < -0.39 is 11.8 Å². The Morgan fingerprint density at radius 2 is 2.23 bits per heavy atom. The molecule has 3 N–H and O–H groups in total. The number of benzene rings is 1. The Balaban J connectivity index is 2.33. The molecule has 2 heterocycles. The van der Waals surface area contributed by atoms with Crippen LogP contribution in [0.3, 0.4) is 0 Å². The van der Waals surface area contributed by atoms with Gasteiger partial charge in [0.1, 0.15) is 5.69 Å². The number of nitrogen functional groups attached to an aromatic ring is 1. The highest BCUT2D eigenvalue weighted by Crippen LogP contribution is 2.34. The number of aromatic nitrogens is 3. The maximum Gasteiger partial charge on any atom is 0.358 e. The van der Waals surface area contributed by atoms with Crippen LogP contribution in [0.5, 0.6) is 0 Å². The van der Waals surface area contributed by atoms with Crippen LogP contribution in [0.25, 0.3) is 22.2 Å². The van der Waals surface area contributed by atoms with E-state index in [9.17, 15) is 9.18 Å². The summed E-state index contributed by atoms with van der Waals surface area (Å²) in [5, 5.41) is 7.17. The Labute approximate surface area is 129 Å². The van der Waals surface area contributed by atoms with Gasteiger partial charge in [0.05, 0.1) is 29.5 Å². The minimum absolute atomic E-state index is 0.0999. The first-order chi connectivity index (χ1) is 10.5. The number of methoxy groups -OCH3 is 1. The number of carbonyl (C=O) groups is 1. The number of halogens is 2. The maximum atomic E-state index is 14.5. The van der Waals surface area contributed by atoms with Crippen LogP contribution in [0.4, 0.5) is 10.1 Å². The quantitative estimate of drug-likeness (QED) is 0.708. The number of nitrogens with zero attached hydrogens (tertiary/aromatic N) is 2. The van der Waals surface area contributed by atoms with Gasteiger partial charge in [-0.15, -0.1) is 0 Å². The number of aromatic amines is 1. The summed E-state index contributed by atoms with van der Waals surface area (Å²) >= 11 is 5.88. The van der Waals surface area contributed by atoms with E-state index >= 15 is 0 Å². The molecule has 0 amide bonds. The molecule has 6 nitrogen and oxygen atoms in total. The normalized spacial score (nSPS) is 10.9. The van der Waals surface area contributed by atoms with Crippen molar-refractivity contribution in [1.29, 1.82) is 0 Å². The van der Waals surface area contributed by atoms with Gasteiger partial charge in [-0.25, -0.2) is 14.2 Å². The van der Waals surface area contributed by atoms with Crippen molar-refractivity contribution in [2.75, 3.05) is 12.8 Å². The van der Waals surface area contributed by atoms with Gasteiger partial charge in [0, 0.05) is 10.9 Å². The van der Waals surface area contributed by atoms with E-state index in [1.807, 2.05) is 0 Å². The molecule has 0 saturated heterocycles. The molecule has 0 atom stereocenters. The minimum Gasteiger partial charge on any atom is -0.464 e. The lowest BCUT2D eigenvalue weighted by atomic mass is 10.1. The molecule has 0 fully saturated rings. The molecule has 0 radical (unpaired) electrons. The van der Waals surface area contributed by atoms with Gasteiger partial charge in [0.15, 0.2) is 11.5 Å². The van der Waals surface area contributed by atoms with Gasteiger partial charge in [-0.2, -0.15) is 5.10 Å². The molecule has 0 aliphatic carbocycles. The fourth-order valence-corrected chi connectivity index (χ4v) is 2.34. The smallest absolute Gasteiger partial charge is 0.358 e. The second-order valence-electron chi connectivity index (χ2n) is 4.48. The minimum atomic E-state index is -0.806. The number of nitrogens with one attached hydrogen (secondary N) is 1. The molecular weight excluding hydrogens is 311 g/mol. The first-order valence-corrected chi connectivity index (χ1v) is 6.57. The van der Waals surface area contributed by atoms with Gasteiger partial charge in [-0.3, -0.25) is 5.10 Å². The lowest BCUT2D eigenvalue weighted by Crippen LogP contribution is -2.10. The van der Waals surface area contributed by atoms with Crippen molar-refractivity contribution in [3.8, 4) is 11.3 Å². The number of carbonyl (C=O) groups excluding carboxylic acids is 1. The van der Waals surface area contributed by atoms with Crippen LogP contribution < -0.4 is 5.73 Å². The summed E-state index contributed by atoms with van der Waals surface area (Å²) in [5.41, 5.74) is 5.95. The monoisotopic (exact) mass is 320 g/mol. The van der Waals surface area contributed by atoms with Gasteiger partial charge in [-0.05, 0) is 0 Å². The molecule has 8 heteroatoms. The van der Waals surface area contributed by atoms with E-state index in [4.69, 9.17) is 17.3 Å². The maximum absolute atomic E-state index is 14.5. The number of pyridine rings is 1. The third-order valence-corrected chi connectivity index (χ3v) is 3.61. The summed E-state index contributed by atoms with van der Waals surface area (Å²) in [4.78, 5) is 15.7. The molecule has 0 unspecified atom stereocenters. The number of H-pyrrole nitrogens is 1. The fourth-order valence-electron chi connectivity index (χ4n) is 2.14. The molecule has 2 aromatic heterocycles. The molecule has 0 aliphatic rings. The van der Waals surface area contributed by atoms with Crippen LogP contribution in [0.2, 0.25) is 5.02 Å². The SMILES string of the molecule is COC(=O)c1nc(-c2cccc3cn[nH]c23)c(F)c(N)c1Cl. The van der Waals surface area contributed by atoms with Crippen molar-refractivity contribution < 1.29 is 13.9 Å². The number of anilines is 1. The molecule has 0 saturated carbocycles. The summed E-state index contributed by atoms with van der Waals surface area (Å²) < 4.78 is 19.1. The Kier molecular flexibility index (Phi) is 3.42. The number of fused-ring (bicyclic) bond motifs is 1. The predicted molar refractivity (Wildman–Crippen MR) is 80.0 cm³/mol. The van der Waals surface area contributed by atoms with Crippen molar-refractivity contribution in [3.63, 3.8) is 0 Å². The summed E-state index contributed by atoms with van der Waals surface area (Å²) in [6.07, 6.45) is 1.59. The van der Waals surface area contributed by atoms with Crippen molar-refractivity contribution in [2.45, 2.75) is 0 Å². The topological polar surface area (TPSA) is 93.9 Å². The van der Waals surface area contributed by atoms with Gasteiger partial charge in [-0.1, -0.05) is 29.8 Å². The number of hydrogen-bond donors (Lipinski definition) is 2. The number of nitrogens with two attached hydrogens (primary N) is 1. The highest BCUT2D eigenvalue weighted by molar-refractivity contribution is 6.35. The molecule has 112 valence electrons. The summed E-state index contributed by atoms with van der Waals surface area (Å²) in [7, 11) is 1.18. The van der Waals surface area contributed by atoms with Crippen molar-refractivity contribution >= 4 is 34.2 Å². The average Bonchev–Trinajstić information content (AvgIpc) is 3.01. The van der Waals surface area contributed by atoms with Gasteiger partial charge < -0.3 is 10.5 Å². The van der Waals surface area contributed by atoms with E-state index in [0.29, 0.717) is 11.1 Å². The average molecular weight is 321 g/mol. The Morgan fingerprint density at radius 3 is 2.95 bits per heavy atom. The molecule has 22 heavy (non-hydrogen) atoms. The van der Waals surface area contributed by atoms with Gasteiger partial charge in [0.2, 0.25) is 0 Å². The van der Waals surface area contributed by atoms with Crippen molar-refractivity contribution in [3.05, 3.63) is 40.9 Å². The largest absolute Gasteiger partial charge is 0.464 e. The van der Waals surface area contributed by atoms with E-state index in [2.05, 4.69) is 19.9 Å². The van der Waals surface area contributed by atoms with E-state index in [-0.39, 0.29) is 22.1 Å². The number of para-hydroxylation sites is 1.